The number of carboxylic acid groups (broad SMARTS) is 1. The van der Waals surface area contributed by atoms with Crippen LogP contribution in [-0.2, 0) is 27.1 Å². The molecule has 2 saturated heterocycles. The van der Waals surface area contributed by atoms with E-state index >= 15 is 0 Å². The number of halogens is 3. The first-order chi connectivity index (χ1) is 18.9. The third kappa shape index (κ3) is 4.61. The van der Waals surface area contributed by atoms with Crippen LogP contribution in [0.3, 0.4) is 0 Å². The number of hydrogen-bond donors (Lipinski definition) is 3. The predicted molar refractivity (Wildman–Crippen MR) is 135 cm³/mol. The van der Waals surface area contributed by atoms with Crippen molar-refractivity contribution in [3.05, 3.63) is 95.6 Å². The standard InChI is InChI=1S/C29H25F3N2O6/c1-16(35)28(27(38)39)23-22(25(36)34(26(23)37)15-17-7-3-2-4-8-17)24(33-28)18-9-5-11-20(13-18)40-21-12-6-10-19(14-21)29(30,31)32/h2-14,16,22-24,33,35H,15H2,1H3,(H,38,39). The van der Waals surface area contributed by atoms with E-state index in [0.29, 0.717) is 11.1 Å². The number of carboxylic acids is 1. The van der Waals surface area contributed by atoms with Crippen LogP contribution in [-0.4, -0.2) is 44.5 Å². The third-order valence-corrected chi connectivity index (χ3v) is 7.50. The van der Waals surface area contributed by atoms with Gasteiger partial charge in [-0.2, -0.15) is 13.2 Å². The number of rotatable bonds is 7. The molecule has 0 aromatic heterocycles. The van der Waals surface area contributed by atoms with Gasteiger partial charge in [-0.15, -0.1) is 0 Å². The Labute approximate surface area is 227 Å². The zero-order valence-corrected chi connectivity index (χ0v) is 21.1. The summed E-state index contributed by atoms with van der Waals surface area (Å²) >= 11 is 0. The van der Waals surface area contributed by atoms with Gasteiger partial charge in [0, 0.05) is 6.04 Å². The molecule has 40 heavy (non-hydrogen) atoms. The van der Waals surface area contributed by atoms with Crippen LogP contribution in [0.5, 0.6) is 11.5 Å². The van der Waals surface area contributed by atoms with Crippen molar-refractivity contribution < 1.29 is 42.5 Å². The maximum Gasteiger partial charge on any atom is 0.416 e. The molecule has 2 aliphatic heterocycles. The second-order valence-electron chi connectivity index (χ2n) is 9.92. The summed E-state index contributed by atoms with van der Waals surface area (Å²) in [6.45, 7) is 1.18. The number of aliphatic hydroxyl groups excluding tert-OH is 1. The van der Waals surface area contributed by atoms with Crippen LogP contribution in [0.1, 0.15) is 29.7 Å². The molecule has 0 radical (unpaired) electrons. The van der Waals surface area contributed by atoms with E-state index in [4.69, 9.17) is 4.74 Å². The lowest BCUT2D eigenvalue weighted by Crippen LogP contribution is -2.62. The van der Waals surface area contributed by atoms with E-state index in [2.05, 4.69) is 5.32 Å². The Balaban J connectivity index is 1.51. The summed E-state index contributed by atoms with van der Waals surface area (Å²) in [7, 11) is 0. The first-order valence-corrected chi connectivity index (χ1v) is 12.5. The largest absolute Gasteiger partial charge is 0.480 e. The maximum atomic E-state index is 13.7. The van der Waals surface area contributed by atoms with Crippen LogP contribution in [0.2, 0.25) is 0 Å². The Morgan fingerprint density at radius 2 is 1.65 bits per heavy atom. The minimum Gasteiger partial charge on any atom is -0.480 e. The van der Waals surface area contributed by atoms with Crippen LogP contribution in [0.25, 0.3) is 0 Å². The van der Waals surface area contributed by atoms with E-state index in [1.54, 1.807) is 42.5 Å². The lowest BCUT2D eigenvalue weighted by atomic mass is 9.76. The lowest BCUT2D eigenvalue weighted by Gasteiger charge is -2.33. The summed E-state index contributed by atoms with van der Waals surface area (Å²) in [4.78, 5) is 40.9. The quantitative estimate of drug-likeness (QED) is 0.376. The van der Waals surface area contributed by atoms with Gasteiger partial charge in [-0.3, -0.25) is 24.6 Å². The fraction of sp³-hybridized carbons (Fsp3) is 0.276. The number of aliphatic carboxylic acids is 1. The van der Waals surface area contributed by atoms with Crippen LogP contribution >= 0.6 is 0 Å². The van der Waals surface area contributed by atoms with Gasteiger partial charge in [-0.25, -0.2) is 0 Å². The van der Waals surface area contributed by atoms with E-state index in [9.17, 15) is 37.8 Å². The van der Waals surface area contributed by atoms with Crippen molar-refractivity contribution in [2.24, 2.45) is 11.8 Å². The van der Waals surface area contributed by atoms with Gasteiger partial charge in [0.2, 0.25) is 11.8 Å². The summed E-state index contributed by atoms with van der Waals surface area (Å²) in [5.41, 5.74) is -2.02. The predicted octanol–water partition coefficient (Wildman–Crippen LogP) is 4.15. The molecule has 2 amide bonds. The number of fused-ring (bicyclic) bond motifs is 1. The molecule has 2 fully saturated rings. The zero-order chi connectivity index (χ0) is 28.8. The summed E-state index contributed by atoms with van der Waals surface area (Å²) in [5, 5.41) is 23.8. The Hall–Kier alpha value is -4.22. The van der Waals surface area contributed by atoms with Gasteiger partial charge in [-0.05, 0) is 48.4 Å². The van der Waals surface area contributed by atoms with Crippen molar-refractivity contribution >= 4 is 17.8 Å². The summed E-state index contributed by atoms with van der Waals surface area (Å²) in [5.74, 6) is -5.30. The number of nitrogens with zero attached hydrogens (tertiary/aromatic N) is 1. The van der Waals surface area contributed by atoms with E-state index in [-0.39, 0.29) is 18.0 Å². The average Bonchev–Trinajstić information content (AvgIpc) is 3.40. The van der Waals surface area contributed by atoms with Gasteiger partial charge in [0.25, 0.3) is 0 Å². The highest BCUT2D eigenvalue weighted by Gasteiger charge is 2.70. The number of hydrogen-bond acceptors (Lipinski definition) is 6. The van der Waals surface area contributed by atoms with Gasteiger partial charge in [0.05, 0.1) is 30.0 Å². The molecule has 5 unspecified atom stereocenters. The Bertz CT molecular complexity index is 1460. The number of imide groups is 1. The van der Waals surface area contributed by atoms with Crippen LogP contribution in [0, 0.1) is 11.8 Å². The molecule has 0 saturated carbocycles. The van der Waals surface area contributed by atoms with Crippen molar-refractivity contribution in [2.45, 2.75) is 37.3 Å². The van der Waals surface area contributed by atoms with Crippen LogP contribution in [0.4, 0.5) is 13.2 Å². The number of ether oxygens (including phenoxy) is 1. The number of aliphatic hydroxyl groups is 1. The zero-order valence-electron chi connectivity index (χ0n) is 21.1. The highest BCUT2D eigenvalue weighted by molar-refractivity contribution is 6.09. The van der Waals surface area contributed by atoms with E-state index in [0.717, 1.165) is 17.0 Å². The van der Waals surface area contributed by atoms with Crippen molar-refractivity contribution in [1.82, 2.24) is 10.2 Å². The molecule has 11 heteroatoms. The van der Waals surface area contributed by atoms with Crippen molar-refractivity contribution in [3.8, 4) is 11.5 Å². The number of carbonyl (C=O) groups excluding carboxylic acids is 2. The van der Waals surface area contributed by atoms with Crippen molar-refractivity contribution in [2.75, 3.05) is 0 Å². The number of alkyl halides is 3. The topological polar surface area (TPSA) is 116 Å². The minimum atomic E-state index is -4.56. The third-order valence-electron chi connectivity index (χ3n) is 7.50. The van der Waals surface area contributed by atoms with Gasteiger partial charge in [-0.1, -0.05) is 48.5 Å². The molecule has 208 valence electrons. The Morgan fingerprint density at radius 3 is 2.27 bits per heavy atom. The molecule has 8 nitrogen and oxygen atoms in total. The molecule has 0 spiro atoms. The SMILES string of the molecule is CC(O)C1(C(=O)O)NC(c2cccc(Oc3cccc(C(F)(F)F)c3)c2)C2C(=O)N(Cc3ccccc3)C(=O)C21. The van der Waals surface area contributed by atoms with E-state index in [1.807, 2.05) is 0 Å². The Morgan fingerprint density at radius 1 is 1.00 bits per heavy atom. The number of nitrogens with one attached hydrogen (secondary N) is 1. The molecule has 3 aromatic carbocycles. The number of carbonyl (C=O) groups is 3. The monoisotopic (exact) mass is 554 g/mol. The van der Waals surface area contributed by atoms with Crippen LogP contribution in [0.15, 0.2) is 78.9 Å². The summed E-state index contributed by atoms with van der Waals surface area (Å²) in [6.07, 6.45) is -6.12. The highest BCUT2D eigenvalue weighted by atomic mass is 19.4. The number of benzene rings is 3. The highest BCUT2D eigenvalue weighted by Crippen LogP contribution is 2.50. The molecule has 5 rings (SSSR count). The second-order valence-corrected chi connectivity index (χ2v) is 9.92. The van der Waals surface area contributed by atoms with Gasteiger partial charge < -0.3 is 14.9 Å². The first-order valence-electron chi connectivity index (χ1n) is 12.5. The fourth-order valence-corrected chi connectivity index (χ4v) is 5.61. The number of amides is 2. The van der Waals surface area contributed by atoms with Crippen molar-refractivity contribution in [1.29, 1.82) is 0 Å². The molecule has 3 N–H and O–H groups in total. The van der Waals surface area contributed by atoms with Crippen LogP contribution < -0.4 is 10.1 Å². The second kappa shape index (κ2) is 10.1. The van der Waals surface area contributed by atoms with E-state index < -0.39 is 59.0 Å². The smallest absolute Gasteiger partial charge is 0.416 e. The summed E-state index contributed by atoms with van der Waals surface area (Å²) < 4.78 is 45.1. The number of likely N-dealkylation sites (tertiary alicyclic amines) is 1. The van der Waals surface area contributed by atoms with Crippen molar-refractivity contribution in [3.63, 3.8) is 0 Å². The van der Waals surface area contributed by atoms with Gasteiger partial charge >= 0.3 is 12.1 Å². The molecule has 3 aromatic rings. The molecular weight excluding hydrogens is 529 g/mol. The van der Waals surface area contributed by atoms with E-state index in [1.165, 1.54) is 31.2 Å². The van der Waals surface area contributed by atoms with Gasteiger partial charge in [0.1, 0.15) is 11.5 Å². The molecule has 2 heterocycles. The molecular formula is C29H25F3N2O6. The average molecular weight is 555 g/mol. The fourth-order valence-electron chi connectivity index (χ4n) is 5.61. The maximum absolute atomic E-state index is 13.7. The molecule has 0 aliphatic carbocycles. The summed E-state index contributed by atoms with van der Waals surface area (Å²) in [6, 6.07) is 18.2. The minimum absolute atomic E-state index is 0.0631. The van der Waals surface area contributed by atoms with Gasteiger partial charge in [0.15, 0.2) is 5.54 Å². The normalized spacial score (nSPS) is 25.1. The molecule has 2 aliphatic rings. The first kappa shape index (κ1) is 27.4. The lowest BCUT2D eigenvalue weighted by molar-refractivity contribution is -0.157. The molecule has 5 atom stereocenters. The Kier molecular flexibility index (Phi) is 6.89. The molecule has 0 bridgehead atoms.